The van der Waals surface area contributed by atoms with Crippen LogP contribution in [-0.4, -0.2) is 19.3 Å². The highest BCUT2D eigenvalue weighted by Gasteiger charge is 2.07. The van der Waals surface area contributed by atoms with Gasteiger partial charge in [0, 0.05) is 12.6 Å². The number of methoxy groups -OCH3 is 2. The van der Waals surface area contributed by atoms with Gasteiger partial charge in [-0.3, -0.25) is 0 Å². The van der Waals surface area contributed by atoms with Gasteiger partial charge in [0.05, 0.1) is 14.2 Å². The highest BCUT2D eigenvalue weighted by molar-refractivity contribution is 5.41. The lowest BCUT2D eigenvalue weighted by atomic mass is 10.1. The molecule has 21 heavy (non-hydrogen) atoms. The van der Waals surface area contributed by atoms with Crippen LogP contribution in [0.5, 0.6) is 17.2 Å². The standard InChI is InChI=1S/C17H21NO3/c1-12(14-5-7-15(20-2)8-6-14)18-11-13-4-9-17(21-3)16(19)10-13/h4-10,12,18-19H,11H2,1-3H3/t12-/m0/s1. The number of hydrogen-bond acceptors (Lipinski definition) is 4. The molecular weight excluding hydrogens is 266 g/mol. The molecule has 0 bridgehead atoms. The summed E-state index contributed by atoms with van der Waals surface area (Å²) in [4.78, 5) is 0. The van der Waals surface area contributed by atoms with Crippen LogP contribution in [0.1, 0.15) is 24.1 Å². The number of aromatic hydroxyl groups is 1. The maximum atomic E-state index is 9.76. The molecule has 112 valence electrons. The van der Waals surface area contributed by atoms with E-state index in [0.717, 1.165) is 11.3 Å². The summed E-state index contributed by atoms with van der Waals surface area (Å²) >= 11 is 0. The van der Waals surface area contributed by atoms with Gasteiger partial charge in [-0.2, -0.15) is 0 Å². The molecular formula is C17H21NO3. The summed E-state index contributed by atoms with van der Waals surface area (Å²) in [6.07, 6.45) is 0. The number of phenolic OH excluding ortho intramolecular Hbond substituents is 1. The molecule has 0 saturated heterocycles. The molecule has 0 aliphatic carbocycles. The van der Waals surface area contributed by atoms with Gasteiger partial charge in [-0.15, -0.1) is 0 Å². The van der Waals surface area contributed by atoms with Crippen LogP contribution in [0.25, 0.3) is 0 Å². The fourth-order valence-corrected chi connectivity index (χ4v) is 2.13. The Hall–Kier alpha value is -2.20. The monoisotopic (exact) mass is 287 g/mol. The fraction of sp³-hybridized carbons (Fsp3) is 0.294. The molecule has 0 unspecified atom stereocenters. The summed E-state index contributed by atoms with van der Waals surface area (Å²) in [5.41, 5.74) is 2.20. The van der Waals surface area contributed by atoms with Crippen molar-refractivity contribution in [2.75, 3.05) is 14.2 Å². The SMILES string of the molecule is COc1ccc([C@H](C)NCc2ccc(OC)c(O)c2)cc1. The van der Waals surface area contributed by atoms with E-state index in [0.29, 0.717) is 12.3 Å². The summed E-state index contributed by atoms with van der Waals surface area (Å²) in [7, 11) is 3.20. The lowest BCUT2D eigenvalue weighted by molar-refractivity contribution is 0.373. The van der Waals surface area contributed by atoms with Crippen molar-refractivity contribution >= 4 is 0 Å². The Kier molecular flexibility index (Phi) is 5.06. The quantitative estimate of drug-likeness (QED) is 0.856. The second-order valence-electron chi connectivity index (χ2n) is 4.88. The van der Waals surface area contributed by atoms with Crippen molar-refractivity contribution < 1.29 is 14.6 Å². The average molecular weight is 287 g/mol. The number of phenols is 1. The van der Waals surface area contributed by atoms with Gasteiger partial charge < -0.3 is 19.9 Å². The zero-order valence-electron chi connectivity index (χ0n) is 12.6. The summed E-state index contributed by atoms with van der Waals surface area (Å²) in [5, 5.41) is 13.2. The first-order valence-electron chi connectivity index (χ1n) is 6.87. The normalized spacial score (nSPS) is 12.0. The van der Waals surface area contributed by atoms with Gasteiger partial charge in [-0.1, -0.05) is 18.2 Å². The highest BCUT2D eigenvalue weighted by atomic mass is 16.5. The van der Waals surface area contributed by atoms with E-state index in [9.17, 15) is 5.11 Å². The van der Waals surface area contributed by atoms with Crippen LogP contribution in [0, 0.1) is 0 Å². The Morgan fingerprint density at radius 1 is 1.05 bits per heavy atom. The molecule has 1 atom stereocenters. The van der Waals surface area contributed by atoms with Crippen molar-refractivity contribution in [2.45, 2.75) is 19.5 Å². The van der Waals surface area contributed by atoms with Crippen molar-refractivity contribution in [3.05, 3.63) is 53.6 Å². The first-order chi connectivity index (χ1) is 10.1. The van der Waals surface area contributed by atoms with E-state index >= 15 is 0 Å². The van der Waals surface area contributed by atoms with Crippen molar-refractivity contribution in [1.82, 2.24) is 5.32 Å². The van der Waals surface area contributed by atoms with E-state index in [1.54, 1.807) is 26.4 Å². The average Bonchev–Trinajstić information content (AvgIpc) is 2.52. The highest BCUT2D eigenvalue weighted by Crippen LogP contribution is 2.26. The number of hydrogen-bond donors (Lipinski definition) is 2. The summed E-state index contributed by atoms with van der Waals surface area (Å²) in [6, 6.07) is 13.6. The molecule has 0 radical (unpaired) electrons. The molecule has 0 saturated carbocycles. The minimum absolute atomic E-state index is 0.161. The largest absolute Gasteiger partial charge is 0.504 e. The molecule has 0 fully saturated rings. The summed E-state index contributed by atoms with van der Waals surface area (Å²) in [5.74, 6) is 1.50. The van der Waals surface area contributed by atoms with E-state index < -0.39 is 0 Å². The number of ether oxygens (including phenoxy) is 2. The lowest BCUT2D eigenvalue weighted by Gasteiger charge is -2.15. The first-order valence-corrected chi connectivity index (χ1v) is 6.87. The van der Waals surface area contributed by atoms with Gasteiger partial charge in [-0.25, -0.2) is 0 Å². The zero-order chi connectivity index (χ0) is 15.2. The van der Waals surface area contributed by atoms with E-state index in [-0.39, 0.29) is 11.8 Å². The van der Waals surface area contributed by atoms with Crippen LogP contribution in [0.3, 0.4) is 0 Å². The second kappa shape index (κ2) is 6.99. The number of rotatable bonds is 6. The predicted octanol–water partition coefficient (Wildman–Crippen LogP) is 3.26. The maximum absolute atomic E-state index is 9.76. The molecule has 2 aromatic carbocycles. The molecule has 0 aliphatic rings. The Bertz CT molecular complexity index is 581. The van der Waals surface area contributed by atoms with Gasteiger partial charge in [0.2, 0.25) is 0 Å². The third-order valence-corrected chi connectivity index (χ3v) is 3.47. The molecule has 2 rings (SSSR count). The van der Waals surface area contributed by atoms with Gasteiger partial charge in [-0.05, 0) is 42.3 Å². The lowest BCUT2D eigenvalue weighted by Crippen LogP contribution is -2.17. The summed E-state index contributed by atoms with van der Waals surface area (Å²) in [6.45, 7) is 2.77. The Balaban J connectivity index is 1.96. The Morgan fingerprint density at radius 2 is 1.76 bits per heavy atom. The molecule has 0 spiro atoms. The number of nitrogens with one attached hydrogen (secondary N) is 1. The molecule has 0 aromatic heterocycles. The smallest absolute Gasteiger partial charge is 0.160 e. The number of benzene rings is 2. The fourth-order valence-electron chi connectivity index (χ4n) is 2.13. The van der Waals surface area contributed by atoms with Crippen molar-refractivity contribution in [1.29, 1.82) is 0 Å². The van der Waals surface area contributed by atoms with Crippen LogP contribution < -0.4 is 14.8 Å². The molecule has 4 heteroatoms. The topological polar surface area (TPSA) is 50.7 Å². The van der Waals surface area contributed by atoms with Crippen LogP contribution in [0.4, 0.5) is 0 Å². The van der Waals surface area contributed by atoms with Gasteiger partial charge >= 0.3 is 0 Å². The first kappa shape index (κ1) is 15.2. The molecule has 4 nitrogen and oxygen atoms in total. The van der Waals surface area contributed by atoms with E-state index in [4.69, 9.17) is 9.47 Å². The Morgan fingerprint density at radius 3 is 2.33 bits per heavy atom. The van der Waals surface area contributed by atoms with Gasteiger partial charge in [0.15, 0.2) is 11.5 Å². The molecule has 2 N–H and O–H groups in total. The third kappa shape index (κ3) is 3.89. The predicted molar refractivity (Wildman–Crippen MR) is 82.9 cm³/mol. The van der Waals surface area contributed by atoms with Crippen molar-refractivity contribution in [3.8, 4) is 17.2 Å². The third-order valence-electron chi connectivity index (χ3n) is 3.47. The van der Waals surface area contributed by atoms with Gasteiger partial charge in [0.1, 0.15) is 5.75 Å². The van der Waals surface area contributed by atoms with Crippen LogP contribution >= 0.6 is 0 Å². The minimum atomic E-state index is 0.161. The van der Waals surface area contributed by atoms with Crippen LogP contribution in [-0.2, 0) is 6.54 Å². The van der Waals surface area contributed by atoms with Gasteiger partial charge in [0.25, 0.3) is 0 Å². The maximum Gasteiger partial charge on any atom is 0.160 e. The van der Waals surface area contributed by atoms with E-state index in [1.807, 2.05) is 30.3 Å². The van der Waals surface area contributed by atoms with Crippen LogP contribution in [0.2, 0.25) is 0 Å². The van der Waals surface area contributed by atoms with Crippen LogP contribution in [0.15, 0.2) is 42.5 Å². The molecule has 0 amide bonds. The minimum Gasteiger partial charge on any atom is -0.504 e. The van der Waals surface area contributed by atoms with Crippen molar-refractivity contribution in [2.24, 2.45) is 0 Å². The summed E-state index contributed by atoms with van der Waals surface area (Å²) < 4.78 is 10.2. The molecule has 2 aromatic rings. The van der Waals surface area contributed by atoms with E-state index in [2.05, 4.69) is 12.2 Å². The van der Waals surface area contributed by atoms with Crippen molar-refractivity contribution in [3.63, 3.8) is 0 Å². The van der Waals surface area contributed by atoms with E-state index in [1.165, 1.54) is 5.56 Å². The zero-order valence-corrected chi connectivity index (χ0v) is 12.6. The molecule has 0 aliphatic heterocycles. The molecule has 0 heterocycles. The second-order valence-corrected chi connectivity index (χ2v) is 4.88. The Labute approximate surface area is 125 Å².